The Kier molecular flexibility index (Phi) is 3.73. The molecule has 4 nitrogen and oxygen atoms in total. The summed E-state index contributed by atoms with van der Waals surface area (Å²) in [6, 6.07) is 10.7. The molecule has 1 heterocycles. The van der Waals surface area contributed by atoms with Crippen LogP contribution in [-0.4, -0.2) is 17.1 Å². The number of nitrogens with one attached hydrogen (secondary N) is 1. The summed E-state index contributed by atoms with van der Waals surface area (Å²) in [6.07, 6.45) is -4.95. The Morgan fingerprint density at radius 3 is 2.70 bits per heavy atom. The van der Waals surface area contributed by atoms with Crippen LogP contribution in [-0.2, 0) is 4.79 Å². The van der Waals surface area contributed by atoms with Gasteiger partial charge in [-0.1, -0.05) is 17.7 Å². The van der Waals surface area contributed by atoms with Crippen molar-refractivity contribution in [3.8, 4) is 11.5 Å². The molecule has 0 spiro atoms. The molecule has 23 heavy (non-hydrogen) atoms. The van der Waals surface area contributed by atoms with E-state index in [4.69, 9.17) is 16.0 Å². The van der Waals surface area contributed by atoms with Crippen LogP contribution in [0.4, 0.5) is 18.9 Å². The number of oxazole rings is 1. The number of carbonyl (C=O) groups excluding carboxylic acids is 1. The third-order valence-corrected chi connectivity index (χ3v) is 3.21. The number of carbonyl (C=O) groups is 1. The lowest BCUT2D eigenvalue weighted by atomic mass is 10.2. The number of halogens is 4. The zero-order valence-corrected chi connectivity index (χ0v) is 12.1. The number of anilines is 1. The minimum Gasteiger partial charge on any atom is -0.436 e. The van der Waals surface area contributed by atoms with Gasteiger partial charge < -0.3 is 9.73 Å². The summed E-state index contributed by atoms with van der Waals surface area (Å²) in [6.45, 7) is 0. The number of nitrogens with zero attached hydrogens (tertiary/aromatic N) is 1. The summed E-state index contributed by atoms with van der Waals surface area (Å²) in [4.78, 5) is 15.2. The van der Waals surface area contributed by atoms with Gasteiger partial charge in [0.05, 0.1) is 0 Å². The molecule has 0 atom stereocenters. The Morgan fingerprint density at radius 2 is 1.96 bits per heavy atom. The lowest BCUT2D eigenvalue weighted by Crippen LogP contribution is -2.29. The van der Waals surface area contributed by atoms with Crippen LogP contribution in [0.15, 0.2) is 46.9 Å². The molecular formula is C15H8ClF3N2O2. The predicted octanol–water partition coefficient (Wildman–Crippen LogP) is 4.65. The summed E-state index contributed by atoms with van der Waals surface area (Å²) >= 11 is 5.86. The van der Waals surface area contributed by atoms with Crippen LogP contribution in [0.3, 0.4) is 0 Å². The summed E-state index contributed by atoms with van der Waals surface area (Å²) in [5.74, 6) is -1.83. The molecule has 118 valence electrons. The highest BCUT2D eigenvalue weighted by molar-refractivity contribution is 6.31. The van der Waals surface area contributed by atoms with Crippen molar-refractivity contribution in [2.75, 3.05) is 5.32 Å². The maximum absolute atomic E-state index is 12.3. The molecule has 8 heteroatoms. The average Bonchev–Trinajstić information content (AvgIpc) is 2.89. The number of alkyl halides is 3. The zero-order chi connectivity index (χ0) is 16.6. The maximum Gasteiger partial charge on any atom is 0.471 e. The van der Waals surface area contributed by atoms with Crippen molar-refractivity contribution in [1.82, 2.24) is 4.98 Å². The highest BCUT2D eigenvalue weighted by atomic mass is 35.5. The molecule has 1 N–H and O–H groups in total. The van der Waals surface area contributed by atoms with Gasteiger partial charge in [-0.2, -0.15) is 13.2 Å². The van der Waals surface area contributed by atoms with E-state index in [0.29, 0.717) is 21.7 Å². The van der Waals surface area contributed by atoms with Gasteiger partial charge in [0, 0.05) is 16.3 Å². The zero-order valence-electron chi connectivity index (χ0n) is 11.3. The highest BCUT2D eigenvalue weighted by Crippen LogP contribution is 2.28. The normalized spacial score (nSPS) is 11.7. The summed E-state index contributed by atoms with van der Waals surface area (Å²) in [7, 11) is 0. The Labute approximate surface area is 132 Å². The molecule has 0 aliphatic heterocycles. The predicted molar refractivity (Wildman–Crippen MR) is 79.1 cm³/mol. The fourth-order valence-electron chi connectivity index (χ4n) is 1.96. The number of amides is 1. The second-order valence-corrected chi connectivity index (χ2v) is 5.10. The first-order valence-electron chi connectivity index (χ1n) is 6.37. The van der Waals surface area contributed by atoms with E-state index < -0.39 is 12.1 Å². The molecule has 1 aromatic heterocycles. The topological polar surface area (TPSA) is 55.1 Å². The molecule has 3 rings (SSSR count). The molecule has 0 aliphatic rings. The van der Waals surface area contributed by atoms with E-state index in [1.165, 1.54) is 18.2 Å². The second kappa shape index (κ2) is 5.58. The average molecular weight is 341 g/mol. The first kappa shape index (κ1) is 15.4. The largest absolute Gasteiger partial charge is 0.471 e. The molecular weight excluding hydrogens is 333 g/mol. The monoisotopic (exact) mass is 340 g/mol. The maximum atomic E-state index is 12.3. The van der Waals surface area contributed by atoms with Gasteiger partial charge in [-0.15, -0.1) is 0 Å². The molecule has 0 bridgehead atoms. The Balaban J connectivity index is 1.93. The van der Waals surface area contributed by atoms with Crippen molar-refractivity contribution >= 4 is 34.3 Å². The van der Waals surface area contributed by atoms with E-state index in [1.807, 2.05) is 0 Å². The molecule has 0 fully saturated rings. The number of hydrogen-bond donors (Lipinski definition) is 1. The lowest BCUT2D eigenvalue weighted by molar-refractivity contribution is -0.167. The highest BCUT2D eigenvalue weighted by Gasteiger charge is 2.38. The van der Waals surface area contributed by atoms with E-state index in [-0.39, 0.29) is 11.6 Å². The molecule has 0 saturated heterocycles. The quantitative estimate of drug-likeness (QED) is 0.738. The van der Waals surface area contributed by atoms with Crippen LogP contribution in [0.5, 0.6) is 0 Å². The first-order valence-corrected chi connectivity index (χ1v) is 6.75. The van der Waals surface area contributed by atoms with Crippen LogP contribution in [0, 0.1) is 0 Å². The molecule has 0 saturated carbocycles. The van der Waals surface area contributed by atoms with Crippen molar-refractivity contribution in [1.29, 1.82) is 0 Å². The SMILES string of the molecule is O=C(Nc1cccc(-c2nc3cc(Cl)ccc3o2)c1)C(F)(F)F. The van der Waals surface area contributed by atoms with Crippen LogP contribution >= 0.6 is 11.6 Å². The van der Waals surface area contributed by atoms with Crippen molar-refractivity contribution in [3.05, 3.63) is 47.5 Å². The van der Waals surface area contributed by atoms with E-state index in [2.05, 4.69) is 4.98 Å². The molecule has 0 unspecified atom stereocenters. The van der Waals surface area contributed by atoms with Crippen molar-refractivity contribution in [2.45, 2.75) is 6.18 Å². The van der Waals surface area contributed by atoms with Crippen LogP contribution in [0.25, 0.3) is 22.6 Å². The number of aromatic nitrogens is 1. The molecule has 3 aromatic rings. The number of benzene rings is 2. The molecule has 1 amide bonds. The third-order valence-electron chi connectivity index (χ3n) is 2.97. The Morgan fingerprint density at radius 1 is 1.17 bits per heavy atom. The van der Waals surface area contributed by atoms with Crippen LogP contribution in [0.2, 0.25) is 5.02 Å². The van der Waals surface area contributed by atoms with Crippen molar-refractivity contribution < 1.29 is 22.4 Å². The van der Waals surface area contributed by atoms with E-state index in [0.717, 1.165) is 0 Å². The lowest BCUT2D eigenvalue weighted by Gasteiger charge is -2.08. The van der Waals surface area contributed by atoms with Crippen molar-refractivity contribution in [2.24, 2.45) is 0 Å². The second-order valence-electron chi connectivity index (χ2n) is 4.66. The van der Waals surface area contributed by atoms with Gasteiger partial charge >= 0.3 is 12.1 Å². The van der Waals surface area contributed by atoms with E-state index >= 15 is 0 Å². The Hall–Kier alpha value is -2.54. The summed E-state index contributed by atoms with van der Waals surface area (Å²) < 4.78 is 42.4. The number of fused-ring (bicyclic) bond motifs is 1. The fraction of sp³-hybridized carbons (Fsp3) is 0.0667. The van der Waals surface area contributed by atoms with Gasteiger partial charge in [0.25, 0.3) is 0 Å². The smallest absolute Gasteiger partial charge is 0.436 e. The number of hydrogen-bond acceptors (Lipinski definition) is 3. The van der Waals surface area contributed by atoms with E-state index in [1.54, 1.807) is 29.6 Å². The van der Waals surface area contributed by atoms with Gasteiger partial charge in [-0.25, -0.2) is 4.98 Å². The van der Waals surface area contributed by atoms with Crippen LogP contribution < -0.4 is 5.32 Å². The van der Waals surface area contributed by atoms with Crippen LogP contribution in [0.1, 0.15) is 0 Å². The van der Waals surface area contributed by atoms with Crippen molar-refractivity contribution in [3.63, 3.8) is 0 Å². The molecule has 0 aliphatic carbocycles. The van der Waals surface area contributed by atoms with Gasteiger partial charge in [-0.05, 0) is 36.4 Å². The minimum atomic E-state index is -4.95. The van der Waals surface area contributed by atoms with Gasteiger partial charge in [0.1, 0.15) is 5.52 Å². The van der Waals surface area contributed by atoms with Gasteiger partial charge in [-0.3, -0.25) is 4.79 Å². The minimum absolute atomic E-state index is 0.00915. The Bertz CT molecular complexity index is 890. The first-order chi connectivity index (χ1) is 10.8. The van der Waals surface area contributed by atoms with Gasteiger partial charge in [0.15, 0.2) is 5.58 Å². The molecule has 2 aromatic carbocycles. The summed E-state index contributed by atoms with van der Waals surface area (Å²) in [5.41, 5.74) is 1.44. The number of rotatable bonds is 2. The van der Waals surface area contributed by atoms with Gasteiger partial charge in [0.2, 0.25) is 5.89 Å². The summed E-state index contributed by atoms with van der Waals surface area (Å²) in [5, 5.41) is 2.27. The fourth-order valence-corrected chi connectivity index (χ4v) is 2.12. The standard InChI is InChI=1S/C15H8ClF3N2O2/c16-9-4-5-12-11(7-9)21-13(23-12)8-2-1-3-10(6-8)20-14(22)15(17,18)19/h1-7H,(H,20,22). The third kappa shape index (κ3) is 3.29. The van der Waals surface area contributed by atoms with E-state index in [9.17, 15) is 18.0 Å². The molecule has 0 radical (unpaired) electrons.